The van der Waals surface area contributed by atoms with Gasteiger partial charge in [0.25, 0.3) is 0 Å². The van der Waals surface area contributed by atoms with E-state index in [1.165, 1.54) is 30.4 Å². The number of hydrogen-bond acceptors (Lipinski definition) is 2. The zero-order chi connectivity index (χ0) is 11.4. The number of benzene rings is 1. The molecule has 1 aliphatic carbocycles. The van der Waals surface area contributed by atoms with E-state index in [-0.39, 0.29) is 6.10 Å². The Bertz CT molecular complexity index is 335. The van der Waals surface area contributed by atoms with Crippen LogP contribution in [0.5, 0.6) is 0 Å². The van der Waals surface area contributed by atoms with Gasteiger partial charge in [-0.05, 0) is 42.7 Å². The van der Waals surface area contributed by atoms with Crippen molar-refractivity contribution in [2.75, 3.05) is 13.7 Å². The third-order valence-electron chi connectivity index (χ3n) is 3.41. The minimum atomic E-state index is -0.332. The minimum Gasteiger partial charge on any atom is -0.391 e. The summed E-state index contributed by atoms with van der Waals surface area (Å²) in [6, 6.07) is 8.62. The fourth-order valence-corrected chi connectivity index (χ4v) is 2.69. The fourth-order valence-electron chi connectivity index (χ4n) is 2.69. The van der Waals surface area contributed by atoms with E-state index in [1.54, 1.807) is 7.11 Å². The average molecular weight is 220 g/mol. The molecule has 0 fully saturated rings. The number of aryl methyl sites for hydroxylation is 1. The van der Waals surface area contributed by atoms with Gasteiger partial charge in [-0.2, -0.15) is 0 Å². The highest BCUT2D eigenvalue weighted by Crippen LogP contribution is 2.34. The molecule has 0 saturated heterocycles. The van der Waals surface area contributed by atoms with Gasteiger partial charge in [-0.1, -0.05) is 24.3 Å². The van der Waals surface area contributed by atoms with Gasteiger partial charge in [-0.15, -0.1) is 0 Å². The van der Waals surface area contributed by atoms with Crippen molar-refractivity contribution in [2.24, 2.45) is 0 Å². The lowest BCUT2D eigenvalue weighted by atomic mass is 9.80. The highest BCUT2D eigenvalue weighted by molar-refractivity contribution is 5.32. The number of ether oxygens (including phenoxy) is 1. The molecule has 0 heterocycles. The molecule has 0 bridgehead atoms. The van der Waals surface area contributed by atoms with Crippen LogP contribution < -0.4 is 0 Å². The van der Waals surface area contributed by atoms with Crippen molar-refractivity contribution >= 4 is 0 Å². The summed E-state index contributed by atoms with van der Waals surface area (Å²) in [5, 5.41) is 9.80. The zero-order valence-electron chi connectivity index (χ0n) is 9.86. The summed E-state index contributed by atoms with van der Waals surface area (Å²) in [6.07, 6.45) is 4.11. The molecule has 2 atom stereocenters. The van der Waals surface area contributed by atoms with Crippen LogP contribution in [0, 0.1) is 0 Å². The molecule has 88 valence electrons. The van der Waals surface area contributed by atoms with E-state index in [1.807, 2.05) is 0 Å². The molecule has 2 nitrogen and oxygen atoms in total. The third-order valence-corrected chi connectivity index (χ3v) is 3.41. The maximum atomic E-state index is 9.80. The molecule has 2 heteroatoms. The van der Waals surface area contributed by atoms with Crippen LogP contribution in [0.4, 0.5) is 0 Å². The summed E-state index contributed by atoms with van der Waals surface area (Å²) >= 11 is 0. The van der Waals surface area contributed by atoms with Crippen molar-refractivity contribution in [3.05, 3.63) is 35.4 Å². The molecular weight excluding hydrogens is 200 g/mol. The third kappa shape index (κ3) is 2.63. The Morgan fingerprint density at radius 2 is 2.25 bits per heavy atom. The zero-order valence-corrected chi connectivity index (χ0v) is 9.86. The normalized spacial score (nSPS) is 21.5. The molecule has 1 N–H and O–H groups in total. The van der Waals surface area contributed by atoms with Crippen LogP contribution >= 0.6 is 0 Å². The van der Waals surface area contributed by atoms with E-state index >= 15 is 0 Å². The van der Waals surface area contributed by atoms with Crippen LogP contribution in [0.25, 0.3) is 0 Å². The van der Waals surface area contributed by atoms with Gasteiger partial charge in [0, 0.05) is 7.11 Å². The lowest BCUT2D eigenvalue weighted by molar-refractivity contribution is 0.0534. The fraction of sp³-hybridized carbons (Fsp3) is 0.571. The molecule has 0 aromatic heterocycles. The van der Waals surface area contributed by atoms with E-state index in [0.29, 0.717) is 12.5 Å². The minimum absolute atomic E-state index is 0.332. The first-order valence-electron chi connectivity index (χ1n) is 6.06. The van der Waals surface area contributed by atoms with Crippen molar-refractivity contribution < 1.29 is 9.84 Å². The van der Waals surface area contributed by atoms with Gasteiger partial charge in [0.15, 0.2) is 0 Å². The Morgan fingerprint density at radius 1 is 1.44 bits per heavy atom. The van der Waals surface area contributed by atoms with E-state index in [2.05, 4.69) is 24.3 Å². The summed E-state index contributed by atoms with van der Waals surface area (Å²) in [7, 11) is 1.64. The van der Waals surface area contributed by atoms with Gasteiger partial charge in [0.05, 0.1) is 12.7 Å². The highest BCUT2D eigenvalue weighted by atomic mass is 16.5. The quantitative estimate of drug-likeness (QED) is 0.844. The first kappa shape index (κ1) is 11.6. The van der Waals surface area contributed by atoms with E-state index in [9.17, 15) is 5.11 Å². The van der Waals surface area contributed by atoms with Crippen LogP contribution in [0.1, 0.15) is 36.3 Å². The summed E-state index contributed by atoms with van der Waals surface area (Å²) in [6.45, 7) is 0.443. The Kier molecular flexibility index (Phi) is 3.97. The maximum Gasteiger partial charge on any atom is 0.0779 e. The molecule has 2 rings (SSSR count). The lowest BCUT2D eigenvalue weighted by Crippen LogP contribution is -2.20. The Hall–Kier alpha value is -0.860. The molecule has 1 aromatic rings. The molecular formula is C14H20O2. The summed E-state index contributed by atoms with van der Waals surface area (Å²) in [5.41, 5.74) is 2.90. The second-order valence-corrected chi connectivity index (χ2v) is 4.63. The Balaban J connectivity index is 2.07. The summed E-state index contributed by atoms with van der Waals surface area (Å²) in [5.74, 6) is 0.509. The van der Waals surface area contributed by atoms with Gasteiger partial charge in [-0.25, -0.2) is 0 Å². The highest BCUT2D eigenvalue weighted by Gasteiger charge is 2.22. The molecule has 0 spiro atoms. The molecule has 1 aromatic carbocycles. The summed E-state index contributed by atoms with van der Waals surface area (Å²) in [4.78, 5) is 0. The smallest absolute Gasteiger partial charge is 0.0779 e. The topological polar surface area (TPSA) is 29.5 Å². The van der Waals surface area contributed by atoms with Crippen LogP contribution in [0.3, 0.4) is 0 Å². The summed E-state index contributed by atoms with van der Waals surface area (Å²) < 4.78 is 4.98. The van der Waals surface area contributed by atoms with Gasteiger partial charge in [0.2, 0.25) is 0 Å². The van der Waals surface area contributed by atoms with E-state index in [0.717, 1.165) is 6.42 Å². The first-order valence-corrected chi connectivity index (χ1v) is 6.06. The number of hydrogen-bond donors (Lipinski definition) is 1. The van der Waals surface area contributed by atoms with Crippen LogP contribution in [0.15, 0.2) is 24.3 Å². The Morgan fingerprint density at radius 3 is 3.06 bits per heavy atom. The number of methoxy groups -OCH3 is 1. The SMILES string of the molecule is COCC(O)CC1CCCc2ccccc21. The molecule has 2 unspecified atom stereocenters. The first-order chi connectivity index (χ1) is 7.81. The number of fused-ring (bicyclic) bond motifs is 1. The van der Waals surface area contributed by atoms with Crippen LogP contribution in [-0.4, -0.2) is 24.9 Å². The molecule has 1 aliphatic rings. The van der Waals surface area contributed by atoms with Crippen LogP contribution in [-0.2, 0) is 11.2 Å². The van der Waals surface area contributed by atoms with Crippen LogP contribution in [0.2, 0.25) is 0 Å². The van der Waals surface area contributed by atoms with E-state index in [4.69, 9.17) is 4.74 Å². The second kappa shape index (κ2) is 5.46. The molecule has 16 heavy (non-hydrogen) atoms. The largest absolute Gasteiger partial charge is 0.391 e. The number of aliphatic hydroxyl groups is 1. The predicted molar refractivity (Wildman–Crippen MR) is 64.6 cm³/mol. The molecule has 0 radical (unpaired) electrons. The van der Waals surface area contributed by atoms with Crippen molar-refractivity contribution in [3.8, 4) is 0 Å². The monoisotopic (exact) mass is 220 g/mol. The molecule has 0 saturated carbocycles. The second-order valence-electron chi connectivity index (χ2n) is 4.63. The van der Waals surface area contributed by atoms with E-state index < -0.39 is 0 Å². The predicted octanol–water partition coefficient (Wildman–Crippen LogP) is 2.50. The molecule has 0 amide bonds. The van der Waals surface area contributed by atoms with Gasteiger partial charge in [0.1, 0.15) is 0 Å². The van der Waals surface area contributed by atoms with Gasteiger partial charge < -0.3 is 9.84 Å². The standard InChI is InChI=1S/C14H20O2/c1-16-10-13(15)9-12-7-4-6-11-5-2-3-8-14(11)12/h2-3,5,8,12-13,15H,4,6-7,9-10H2,1H3. The number of rotatable bonds is 4. The maximum absolute atomic E-state index is 9.80. The van der Waals surface area contributed by atoms with Crippen molar-refractivity contribution in [3.63, 3.8) is 0 Å². The molecule has 0 aliphatic heterocycles. The van der Waals surface area contributed by atoms with Gasteiger partial charge >= 0.3 is 0 Å². The Labute approximate surface area is 97.3 Å². The van der Waals surface area contributed by atoms with Gasteiger partial charge in [-0.3, -0.25) is 0 Å². The number of aliphatic hydroxyl groups excluding tert-OH is 1. The average Bonchev–Trinajstić information content (AvgIpc) is 2.30. The van der Waals surface area contributed by atoms with Crippen molar-refractivity contribution in [1.29, 1.82) is 0 Å². The lowest BCUT2D eigenvalue weighted by Gasteiger charge is -2.27. The van der Waals surface area contributed by atoms with Crippen molar-refractivity contribution in [1.82, 2.24) is 0 Å². The van der Waals surface area contributed by atoms with Crippen molar-refractivity contribution in [2.45, 2.75) is 37.7 Å².